The van der Waals surface area contributed by atoms with Crippen molar-refractivity contribution < 1.29 is 19.4 Å². The molecule has 28 heavy (non-hydrogen) atoms. The van der Waals surface area contributed by atoms with Crippen LogP contribution >= 0.6 is 0 Å². The molecule has 1 N–H and O–H groups in total. The van der Waals surface area contributed by atoms with E-state index in [0.717, 1.165) is 29.7 Å². The van der Waals surface area contributed by atoms with Crippen LogP contribution in [0.15, 0.2) is 42.5 Å². The van der Waals surface area contributed by atoms with Crippen molar-refractivity contribution in [1.82, 2.24) is 4.90 Å². The van der Waals surface area contributed by atoms with E-state index in [-0.39, 0.29) is 6.04 Å². The number of benzene rings is 2. The molecule has 0 aliphatic carbocycles. The quantitative estimate of drug-likeness (QED) is 0.731. The predicted molar refractivity (Wildman–Crippen MR) is 109 cm³/mol. The lowest BCUT2D eigenvalue weighted by atomic mass is 9.92. The number of hydrogen-bond acceptors (Lipinski definition) is 4. The Bertz CT molecular complexity index is 820. The Balaban J connectivity index is 2.10. The minimum Gasteiger partial charge on any atom is -0.490 e. The van der Waals surface area contributed by atoms with E-state index in [4.69, 9.17) is 9.47 Å². The van der Waals surface area contributed by atoms with Gasteiger partial charge in [0.15, 0.2) is 11.5 Å². The Kier molecular flexibility index (Phi) is 6.57. The van der Waals surface area contributed by atoms with Crippen LogP contribution in [-0.2, 0) is 4.79 Å². The second kappa shape index (κ2) is 9.11. The van der Waals surface area contributed by atoms with E-state index < -0.39 is 12.0 Å². The molecule has 1 fully saturated rings. The third-order valence-corrected chi connectivity index (χ3v) is 5.28. The summed E-state index contributed by atoms with van der Waals surface area (Å²) in [4.78, 5) is 14.0. The first-order chi connectivity index (χ1) is 13.6. The summed E-state index contributed by atoms with van der Waals surface area (Å²) in [5.41, 5.74) is 3.30. The minimum atomic E-state index is -0.757. The molecule has 1 saturated heterocycles. The van der Waals surface area contributed by atoms with Gasteiger partial charge < -0.3 is 14.6 Å². The van der Waals surface area contributed by atoms with Crippen LogP contribution in [0.3, 0.4) is 0 Å². The zero-order valence-corrected chi connectivity index (χ0v) is 16.9. The van der Waals surface area contributed by atoms with Crippen molar-refractivity contribution >= 4 is 5.97 Å². The summed E-state index contributed by atoms with van der Waals surface area (Å²) in [5, 5.41) is 9.76. The average molecular weight is 383 g/mol. The summed E-state index contributed by atoms with van der Waals surface area (Å²) < 4.78 is 11.5. The van der Waals surface area contributed by atoms with Gasteiger partial charge in [-0.1, -0.05) is 30.3 Å². The molecule has 2 aromatic carbocycles. The number of rotatable bonds is 8. The normalized spacial score (nSPS) is 18.0. The molecule has 1 aliphatic rings. The lowest BCUT2D eigenvalue weighted by molar-refractivity contribution is -0.142. The Labute approximate surface area is 166 Å². The summed E-state index contributed by atoms with van der Waals surface area (Å²) >= 11 is 0. The van der Waals surface area contributed by atoms with Crippen molar-refractivity contribution in [2.45, 2.75) is 45.7 Å². The van der Waals surface area contributed by atoms with Gasteiger partial charge in [-0.15, -0.1) is 0 Å². The maximum absolute atomic E-state index is 11.9. The fourth-order valence-corrected chi connectivity index (χ4v) is 4.04. The van der Waals surface area contributed by atoms with Crippen molar-refractivity contribution in [3.63, 3.8) is 0 Å². The average Bonchev–Trinajstić information content (AvgIpc) is 3.15. The number of carboxylic acid groups (broad SMARTS) is 1. The van der Waals surface area contributed by atoms with Crippen LogP contribution < -0.4 is 9.47 Å². The monoisotopic (exact) mass is 383 g/mol. The molecule has 2 aromatic rings. The van der Waals surface area contributed by atoms with Gasteiger partial charge in [-0.3, -0.25) is 9.69 Å². The van der Waals surface area contributed by atoms with Crippen LogP contribution in [0.5, 0.6) is 11.5 Å². The summed E-state index contributed by atoms with van der Waals surface area (Å²) in [7, 11) is 0. The molecule has 5 nitrogen and oxygen atoms in total. The van der Waals surface area contributed by atoms with Crippen molar-refractivity contribution in [2.24, 2.45) is 0 Å². The molecule has 0 radical (unpaired) electrons. The van der Waals surface area contributed by atoms with Gasteiger partial charge in [-0.2, -0.15) is 0 Å². The zero-order chi connectivity index (χ0) is 20.1. The highest BCUT2D eigenvalue weighted by Gasteiger charge is 2.37. The molecule has 1 heterocycles. The number of hydrogen-bond donors (Lipinski definition) is 1. The van der Waals surface area contributed by atoms with Crippen molar-refractivity contribution in [2.75, 3.05) is 19.8 Å². The molecule has 2 atom stereocenters. The summed E-state index contributed by atoms with van der Waals surface area (Å²) in [6, 6.07) is 13.5. The highest BCUT2D eigenvalue weighted by atomic mass is 16.5. The number of ether oxygens (including phenoxy) is 2. The molecule has 1 aliphatic heterocycles. The van der Waals surface area contributed by atoms with Crippen LogP contribution in [0.4, 0.5) is 0 Å². The zero-order valence-electron chi connectivity index (χ0n) is 16.9. The van der Waals surface area contributed by atoms with E-state index in [9.17, 15) is 9.90 Å². The van der Waals surface area contributed by atoms with Gasteiger partial charge in [0.05, 0.1) is 19.3 Å². The maximum atomic E-state index is 11.9. The molecule has 0 aromatic heterocycles. The highest BCUT2D eigenvalue weighted by Crippen LogP contribution is 2.39. The minimum absolute atomic E-state index is 0.139. The molecule has 0 amide bonds. The Morgan fingerprint density at radius 2 is 1.86 bits per heavy atom. The molecular formula is C23H29NO4. The third kappa shape index (κ3) is 4.14. The molecule has 5 heteroatoms. The molecular weight excluding hydrogens is 354 g/mol. The van der Waals surface area contributed by atoms with E-state index in [2.05, 4.69) is 24.0 Å². The van der Waals surface area contributed by atoms with Gasteiger partial charge in [-0.25, -0.2) is 0 Å². The van der Waals surface area contributed by atoms with Crippen LogP contribution in [0.1, 0.15) is 49.4 Å². The molecule has 2 unspecified atom stereocenters. The summed E-state index contributed by atoms with van der Waals surface area (Å²) in [5.74, 6) is 0.659. The standard InChI is InChI=1S/C23H29NO4/c1-4-27-20-13-12-17(15-21(20)28-5-2)22(18-10-7-6-9-16(18)3)24-14-8-11-19(24)23(25)26/h6-7,9-10,12-13,15,19,22H,4-5,8,11,14H2,1-3H3,(H,25,26). The first-order valence-electron chi connectivity index (χ1n) is 10.00. The van der Waals surface area contributed by atoms with Crippen LogP contribution in [-0.4, -0.2) is 41.8 Å². The number of aryl methyl sites for hydroxylation is 1. The maximum Gasteiger partial charge on any atom is 0.320 e. The van der Waals surface area contributed by atoms with Crippen LogP contribution in [0.2, 0.25) is 0 Å². The van der Waals surface area contributed by atoms with E-state index in [0.29, 0.717) is 31.1 Å². The number of carbonyl (C=O) groups is 1. The first-order valence-corrected chi connectivity index (χ1v) is 10.00. The van der Waals surface area contributed by atoms with E-state index in [1.165, 1.54) is 0 Å². The summed E-state index contributed by atoms with van der Waals surface area (Å²) in [6.45, 7) is 7.83. The smallest absolute Gasteiger partial charge is 0.320 e. The van der Waals surface area contributed by atoms with Crippen molar-refractivity contribution in [3.05, 3.63) is 59.2 Å². The fraction of sp³-hybridized carbons (Fsp3) is 0.435. The van der Waals surface area contributed by atoms with Gasteiger partial charge in [0.2, 0.25) is 0 Å². The highest BCUT2D eigenvalue weighted by molar-refractivity contribution is 5.74. The van der Waals surface area contributed by atoms with Crippen molar-refractivity contribution in [1.29, 1.82) is 0 Å². The van der Waals surface area contributed by atoms with Gasteiger partial charge in [0.1, 0.15) is 6.04 Å². The SMILES string of the molecule is CCOc1ccc(C(c2ccccc2C)N2CCCC2C(=O)O)cc1OCC. The largest absolute Gasteiger partial charge is 0.490 e. The Morgan fingerprint density at radius 3 is 2.54 bits per heavy atom. The molecule has 0 spiro atoms. The van der Waals surface area contributed by atoms with Crippen LogP contribution in [0, 0.1) is 6.92 Å². The summed E-state index contributed by atoms with van der Waals surface area (Å²) in [6.07, 6.45) is 1.56. The van der Waals surface area contributed by atoms with Gasteiger partial charge in [0.25, 0.3) is 0 Å². The lowest BCUT2D eigenvalue weighted by Crippen LogP contribution is -2.39. The molecule has 0 saturated carbocycles. The number of aliphatic carboxylic acids is 1. The number of carboxylic acids is 1. The van der Waals surface area contributed by atoms with E-state index >= 15 is 0 Å². The first kappa shape index (κ1) is 20.2. The van der Waals surface area contributed by atoms with E-state index in [1.54, 1.807) is 0 Å². The van der Waals surface area contributed by atoms with Crippen LogP contribution in [0.25, 0.3) is 0 Å². The topological polar surface area (TPSA) is 59.0 Å². The van der Waals surface area contributed by atoms with Gasteiger partial charge in [-0.05, 0) is 62.4 Å². The Hall–Kier alpha value is -2.53. The molecule has 3 rings (SSSR count). The van der Waals surface area contributed by atoms with Crippen molar-refractivity contribution in [3.8, 4) is 11.5 Å². The van der Waals surface area contributed by atoms with E-state index in [1.807, 2.05) is 44.2 Å². The number of nitrogens with zero attached hydrogens (tertiary/aromatic N) is 1. The predicted octanol–water partition coefficient (Wildman–Crippen LogP) is 4.43. The fourth-order valence-electron chi connectivity index (χ4n) is 4.04. The Morgan fingerprint density at radius 1 is 1.14 bits per heavy atom. The molecule has 150 valence electrons. The van der Waals surface area contributed by atoms with Gasteiger partial charge in [0, 0.05) is 6.54 Å². The number of likely N-dealkylation sites (tertiary alicyclic amines) is 1. The third-order valence-electron chi connectivity index (χ3n) is 5.28. The second-order valence-corrected chi connectivity index (χ2v) is 7.07. The second-order valence-electron chi connectivity index (χ2n) is 7.07. The lowest BCUT2D eigenvalue weighted by Gasteiger charge is -2.33. The molecule has 0 bridgehead atoms. The van der Waals surface area contributed by atoms with Gasteiger partial charge >= 0.3 is 5.97 Å².